The Balaban J connectivity index is 2.05. The van der Waals surface area contributed by atoms with Gasteiger partial charge in [-0.1, -0.05) is 12.1 Å². The number of hydrogen-bond donors (Lipinski definition) is 0. The maximum Gasteiger partial charge on any atom is 0.494 e. The van der Waals surface area contributed by atoms with Crippen molar-refractivity contribution >= 4 is 12.6 Å². The summed E-state index contributed by atoms with van der Waals surface area (Å²) in [4.78, 5) is 0. The van der Waals surface area contributed by atoms with E-state index < -0.39 is 30.0 Å². The van der Waals surface area contributed by atoms with Crippen molar-refractivity contribution in [3.8, 4) is 17.2 Å². The van der Waals surface area contributed by atoms with E-state index in [4.69, 9.17) is 14.6 Å². The van der Waals surface area contributed by atoms with E-state index in [1.54, 1.807) is 6.07 Å². The maximum atomic E-state index is 14.3. The third kappa shape index (κ3) is 3.06. The molecule has 0 N–H and O–H groups in total. The zero-order chi connectivity index (χ0) is 18.4. The van der Waals surface area contributed by atoms with Crippen molar-refractivity contribution in [1.29, 1.82) is 5.26 Å². The standard InChI is InChI=1S/C19H18BF2NO2/c1-18(2)19(3,4)25-20(24-18)13-6-8-17(22)15(10-13)14-9-12(11-23)5-7-16(14)21/h5-10H,1-4H3. The molecule has 0 unspecified atom stereocenters. The molecule has 2 aromatic rings. The second-order valence-corrected chi connectivity index (χ2v) is 7.13. The van der Waals surface area contributed by atoms with E-state index in [1.165, 1.54) is 24.3 Å². The van der Waals surface area contributed by atoms with E-state index in [9.17, 15) is 8.78 Å². The fourth-order valence-corrected chi connectivity index (χ4v) is 2.68. The summed E-state index contributed by atoms with van der Waals surface area (Å²) in [6.45, 7) is 7.70. The highest BCUT2D eigenvalue weighted by Gasteiger charge is 2.51. The average Bonchev–Trinajstić information content (AvgIpc) is 2.76. The maximum absolute atomic E-state index is 14.3. The Labute approximate surface area is 146 Å². The van der Waals surface area contributed by atoms with Gasteiger partial charge in [-0.3, -0.25) is 0 Å². The SMILES string of the molecule is CC1(C)OB(c2ccc(F)c(-c3cc(C#N)ccc3F)c2)OC1(C)C. The topological polar surface area (TPSA) is 42.2 Å². The first kappa shape index (κ1) is 17.6. The first-order chi connectivity index (χ1) is 11.6. The fourth-order valence-electron chi connectivity index (χ4n) is 2.68. The lowest BCUT2D eigenvalue weighted by Crippen LogP contribution is -2.41. The molecule has 1 saturated heterocycles. The van der Waals surface area contributed by atoms with E-state index >= 15 is 0 Å². The molecule has 25 heavy (non-hydrogen) atoms. The van der Waals surface area contributed by atoms with Gasteiger partial charge in [0.15, 0.2) is 0 Å². The number of hydrogen-bond acceptors (Lipinski definition) is 3. The summed E-state index contributed by atoms with van der Waals surface area (Å²) in [7, 11) is -0.674. The van der Waals surface area contributed by atoms with Gasteiger partial charge in [0, 0.05) is 11.1 Å². The molecular formula is C19H18BF2NO2. The summed E-state index contributed by atoms with van der Waals surface area (Å²) in [6, 6.07) is 10.1. The molecule has 2 aromatic carbocycles. The molecule has 1 aliphatic rings. The van der Waals surface area contributed by atoms with E-state index in [-0.39, 0.29) is 16.7 Å². The Morgan fingerprint density at radius 3 is 1.96 bits per heavy atom. The van der Waals surface area contributed by atoms with Crippen molar-refractivity contribution in [2.75, 3.05) is 0 Å². The Morgan fingerprint density at radius 2 is 1.40 bits per heavy atom. The van der Waals surface area contributed by atoms with Crippen molar-refractivity contribution in [3.05, 3.63) is 53.6 Å². The zero-order valence-electron chi connectivity index (χ0n) is 14.6. The number of halogens is 2. The molecule has 0 atom stereocenters. The predicted molar refractivity (Wildman–Crippen MR) is 92.2 cm³/mol. The molecule has 1 aliphatic heterocycles. The van der Waals surface area contributed by atoms with Crippen LogP contribution in [-0.2, 0) is 9.31 Å². The average molecular weight is 341 g/mol. The van der Waals surface area contributed by atoms with E-state index in [2.05, 4.69) is 0 Å². The summed E-state index contributed by atoms with van der Waals surface area (Å²) in [5.74, 6) is -1.17. The third-order valence-electron chi connectivity index (χ3n) is 4.90. The van der Waals surface area contributed by atoms with Gasteiger partial charge in [0.2, 0.25) is 0 Å². The van der Waals surface area contributed by atoms with E-state index in [1.807, 2.05) is 33.8 Å². The van der Waals surface area contributed by atoms with Crippen molar-refractivity contribution in [1.82, 2.24) is 0 Å². The van der Waals surface area contributed by atoms with Crippen molar-refractivity contribution in [3.63, 3.8) is 0 Å². The van der Waals surface area contributed by atoms with Crippen molar-refractivity contribution in [2.45, 2.75) is 38.9 Å². The molecule has 0 aromatic heterocycles. The number of benzene rings is 2. The molecule has 128 valence electrons. The molecule has 1 fully saturated rings. The number of nitrogens with zero attached hydrogens (tertiary/aromatic N) is 1. The zero-order valence-corrected chi connectivity index (χ0v) is 14.6. The summed E-state index contributed by atoms with van der Waals surface area (Å²) in [5.41, 5.74) is -0.0958. The molecule has 3 nitrogen and oxygen atoms in total. The molecular weight excluding hydrogens is 323 g/mol. The van der Waals surface area contributed by atoms with Gasteiger partial charge >= 0.3 is 7.12 Å². The summed E-state index contributed by atoms with van der Waals surface area (Å²) >= 11 is 0. The van der Waals surface area contributed by atoms with Crippen LogP contribution in [0.5, 0.6) is 0 Å². The number of nitriles is 1. The number of rotatable bonds is 2. The monoisotopic (exact) mass is 341 g/mol. The van der Waals surface area contributed by atoms with Crippen LogP contribution in [0.3, 0.4) is 0 Å². The summed E-state index contributed by atoms with van der Waals surface area (Å²) in [6.07, 6.45) is 0. The lowest BCUT2D eigenvalue weighted by molar-refractivity contribution is 0.00578. The van der Waals surface area contributed by atoms with E-state index in [0.29, 0.717) is 5.46 Å². The van der Waals surface area contributed by atoms with Crippen LogP contribution < -0.4 is 5.46 Å². The van der Waals surface area contributed by atoms with Crippen molar-refractivity contribution < 1.29 is 18.1 Å². The first-order valence-electron chi connectivity index (χ1n) is 8.00. The highest BCUT2D eigenvalue weighted by molar-refractivity contribution is 6.62. The molecule has 3 rings (SSSR count). The van der Waals surface area contributed by atoms with Crippen LogP contribution >= 0.6 is 0 Å². The van der Waals surface area contributed by atoms with Gasteiger partial charge in [-0.15, -0.1) is 0 Å². The summed E-state index contributed by atoms with van der Waals surface area (Å²) in [5, 5.41) is 9.01. The first-order valence-corrected chi connectivity index (χ1v) is 8.00. The third-order valence-corrected chi connectivity index (χ3v) is 4.90. The normalized spacial score (nSPS) is 18.2. The quantitative estimate of drug-likeness (QED) is 0.781. The van der Waals surface area contributed by atoms with Gasteiger partial charge in [-0.2, -0.15) is 5.26 Å². The molecule has 0 amide bonds. The molecule has 0 aliphatic carbocycles. The molecule has 6 heteroatoms. The Kier molecular flexibility index (Phi) is 4.18. The van der Waals surface area contributed by atoms with Crippen LogP contribution in [-0.4, -0.2) is 18.3 Å². The molecule has 1 heterocycles. The minimum Gasteiger partial charge on any atom is -0.399 e. The van der Waals surface area contributed by atoms with Gasteiger partial charge in [-0.25, -0.2) is 8.78 Å². The summed E-state index contributed by atoms with van der Waals surface area (Å²) < 4.78 is 40.4. The van der Waals surface area contributed by atoms with Gasteiger partial charge in [0.05, 0.1) is 22.8 Å². The van der Waals surface area contributed by atoms with Crippen LogP contribution in [0, 0.1) is 23.0 Å². The lowest BCUT2D eigenvalue weighted by atomic mass is 9.77. The second kappa shape index (κ2) is 5.94. The fraction of sp³-hybridized carbons (Fsp3) is 0.316. The minimum absolute atomic E-state index is 0.0370. The molecule has 0 spiro atoms. The second-order valence-electron chi connectivity index (χ2n) is 7.13. The van der Waals surface area contributed by atoms with Gasteiger partial charge in [0.1, 0.15) is 11.6 Å². The Bertz CT molecular complexity index is 858. The highest BCUT2D eigenvalue weighted by Crippen LogP contribution is 2.37. The largest absolute Gasteiger partial charge is 0.494 e. The Hall–Kier alpha value is -2.23. The van der Waals surface area contributed by atoms with Crippen LogP contribution in [0.25, 0.3) is 11.1 Å². The van der Waals surface area contributed by atoms with E-state index in [0.717, 1.165) is 6.07 Å². The smallest absolute Gasteiger partial charge is 0.399 e. The van der Waals surface area contributed by atoms with Crippen LogP contribution in [0.2, 0.25) is 0 Å². The van der Waals surface area contributed by atoms with Gasteiger partial charge in [-0.05, 0) is 57.4 Å². The minimum atomic E-state index is -0.674. The molecule has 0 radical (unpaired) electrons. The van der Waals surface area contributed by atoms with Gasteiger partial charge < -0.3 is 9.31 Å². The van der Waals surface area contributed by atoms with Crippen LogP contribution in [0.4, 0.5) is 8.78 Å². The van der Waals surface area contributed by atoms with Crippen LogP contribution in [0.15, 0.2) is 36.4 Å². The van der Waals surface area contributed by atoms with Gasteiger partial charge in [0.25, 0.3) is 0 Å². The highest BCUT2D eigenvalue weighted by atomic mass is 19.1. The molecule has 0 saturated carbocycles. The lowest BCUT2D eigenvalue weighted by Gasteiger charge is -2.32. The Morgan fingerprint density at radius 1 is 0.880 bits per heavy atom. The predicted octanol–water partition coefficient (Wildman–Crippen LogP) is 3.80. The molecule has 0 bridgehead atoms. The van der Waals surface area contributed by atoms with Crippen LogP contribution in [0.1, 0.15) is 33.3 Å². The van der Waals surface area contributed by atoms with Crippen molar-refractivity contribution in [2.24, 2.45) is 0 Å².